The smallest absolute Gasteiger partial charge is 0.164 e. The SMILES string of the molecule is C1=C2Oc3ccc(-c4nc(-c5ccccc5)nc(-c5cccc6ccccc56)n4)cc3C3(C2=CC(c2cccc4cccnc24)C1)c1ccccc1-c1ccccc13. The summed E-state index contributed by atoms with van der Waals surface area (Å²) >= 11 is 0. The topological polar surface area (TPSA) is 60.8 Å². The number of ether oxygens (including phenoxy) is 1. The van der Waals surface area contributed by atoms with Crippen molar-refractivity contribution < 1.29 is 4.74 Å². The average molecular weight is 743 g/mol. The molecule has 12 rings (SSSR count). The lowest BCUT2D eigenvalue weighted by Gasteiger charge is -2.43. The molecule has 2 aliphatic carbocycles. The van der Waals surface area contributed by atoms with Crippen LogP contribution in [-0.4, -0.2) is 19.9 Å². The Morgan fingerprint density at radius 3 is 2.02 bits per heavy atom. The molecule has 0 radical (unpaired) electrons. The maximum atomic E-state index is 6.97. The highest BCUT2D eigenvalue weighted by atomic mass is 16.5. The normalized spacial score (nSPS) is 15.8. The van der Waals surface area contributed by atoms with E-state index in [4.69, 9.17) is 24.7 Å². The molecule has 1 aliphatic heterocycles. The molecule has 0 amide bonds. The van der Waals surface area contributed by atoms with Crippen LogP contribution >= 0.6 is 0 Å². The minimum Gasteiger partial charge on any atom is -0.457 e. The predicted molar refractivity (Wildman–Crippen MR) is 231 cm³/mol. The van der Waals surface area contributed by atoms with Gasteiger partial charge in [-0.1, -0.05) is 152 Å². The number of nitrogens with zero attached hydrogens (tertiary/aromatic N) is 4. The first kappa shape index (κ1) is 32.7. The van der Waals surface area contributed by atoms with Crippen LogP contribution in [0.25, 0.3) is 67.0 Å². The van der Waals surface area contributed by atoms with E-state index < -0.39 is 5.41 Å². The van der Waals surface area contributed by atoms with Gasteiger partial charge in [0.15, 0.2) is 17.5 Å². The molecule has 272 valence electrons. The summed E-state index contributed by atoms with van der Waals surface area (Å²) < 4.78 is 6.97. The number of aromatic nitrogens is 4. The molecule has 3 heterocycles. The van der Waals surface area contributed by atoms with Gasteiger partial charge in [-0.2, -0.15) is 0 Å². The molecule has 1 atom stereocenters. The van der Waals surface area contributed by atoms with Crippen molar-refractivity contribution in [3.05, 3.63) is 222 Å². The molecular weight excluding hydrogens is 709 g/mol. The standard InChI is InChI=1S/C53H34N4O/c1-2-14-35(15-3-1)50-55-51(57-52(56-50)42-23-10-16-33-13-4-5-19-38(33)42)37-27-29-48-46(32-37)53(43-24-8-6-20-40(43)41-21-7-9-25-44(41)53)45-31-36(26-28-47(45)58-48)39-22-11-17-34-18-12-30-54-49(34)39/h1-25,27-32,36H,26H2. The molecule has 0 N–H and O–H groups in total. The van der Waals surface area contributed by atoms with Crippen molar-refractivity contribution in [3.8, 4) is 51.0 Å². The highest BCUT2D eigenvalue weighted by molar-refractivity contribution is 5.95. The molecule has 2 aromatic heterocycles. The summed E-state index contributed by atoms with van der Waals surface area (Å²) in [7, 11) is 0. The maximum Gasteiger partial charge on any atom is 0.164 e. The van der Waals surface area contributed by atoms with E-state index in [-0.39, 0.29) is 5.92 Å². The van der Waals surface area contributed by atoms with E-state index >= 15 is 0 Å². The fourth-order valence-electron chi connectivity index (χ4n) is 9.64. The molecule has 9 aromatic rings. The van der Waals surface area contributed by atoms with Crippen LogP contribution < -0.4 is 4.74 Å². The second-order valence-corrected chi connectivity index (χ2v) is 15.3. The van der Waals surface area contributed by atoms with Crippen LogP contribution in [0.3, 0.4) is 0 Å². The molecule has 1 spiro atoms. The number of hydrogen-bond acceptors (Lipinski definition) is 5. The first-order valence-corrected chi connectivity index (χ1v) is 19.8. The lowest BCUT2D eigenvalue weighted by Crippen LogP contribution is -2.36. The lowest BCUT2D eigenvalue weighted by atomic mass is 9.63. The van der Waals surface area contributed by atoms with Crippen molar-refractivity contribution in [1.29, 1.82) is 0 Å². The van der Waals surface area contributed by atoms with E-state index in [0.717, 1.165) is 67.4 Å². The van der Waals surface area contributed by atoms with Gasteiger partial charge in [0, 0.05) is 45.3 Å². The Balaban J connectivity index is 1.11. The van der Waals surface area contributed by atoms with E-state index in [1.165, 1.54) is 27.8 Å². The Hall–Kier alpha value is -7.50. The molecule has 0 saturated carbocycles. The van der Waals surface area contributed by atoms with Crippen LogP contribution in [0.2, 0.25) is 0 Å². The van der Waals surface area contributed by atoms with Crippen LogP contribution in [0, 0.1) is 0 Å². The van der Waals surface area contributed by atoms with Crippen molar-refractivity contribution in [1.82, 2.24) is 19.9 Å². The van der Waals surface area contributed by atoms with Gasteiger partial charge in [-0.3, -0.25) is 4.98 Å². The van der Waals surface area contributed by atoms with Gasteiger partial charge >= 0.3 is 0 Å². The largest absolute Gasteiger partial charge is 0.457 e. The minimum absolute atomic E-state index is 0.0997. The number of rotatable bonds is 4. The van der Waals surface area contributed by atoms with Gasteiger partial charge in [0.2, 0.25) is 0 Å². The molecule has 0 fully saturated rings. The summed E-state index contributed by atoms with van der Waals surface area (Å²) in [5, 5.41) is 3.37. The molecule has 0 bridgehead atoms. The first-order chi connectivity index (χ1) is 28.7. The van der Waals surface area contributed by atoms with E-state index in [1.54, 1.807) is 0 Å². The van der Waals surface area contributed by atoms with E-state index in [0.29, 0.717) is 17.5 Å². The van der Waals surface area contributed by atoms with Crippen LogP contribution in [-0.2, 0) is 5.41 Å². The van der Waals surface area contributed by atoms with E-state index in [1.807, 2.05) is 30.5 Å². The minimum atomic E-state index is -0.660. The third kappa shape index (κ3) is 4.83. The highest BCUT2D eigenvalue weighted by Crippen LogP contribution is 2.63. The van der Waals surface area contributed by atoms with Gasteiger partial charge in [0.05, 0.1) is 10.9 Å². The Morgan fingerprint density at radius 1 is 0.517 bits per heavy atom. The third-order valence-corrected chi connectivity index (χ3v) is 12.2. The fraction of sp³-hybridized carbons (Fsp3) is 0.0566. The van der Waals surface area contributed by atoms with Crippen molar-refractivity contribution in [2.45, 2.75) is 17.8 Å². The molecule has 58 heavy (non-hydrogen) atoms. The quantitative estimate of drug-likeness (QED) is 0.180. The molecule has 7 aromatic carbocycles. The van der Waals surface area contributed by atoms with Crippen LogP contribution in [0.4, 0.5) is 0 Å². The summed E-state index contributed by atoms with van der Waals surface area (Å²) in [5.74, 6) is 3.69. The summed E-state index contributed by atoms with van der Waals surface area (Å²) in [6.07, 6.45) is 7.46. The Labute approximate surface area is 335 Å². The average Bonchev–Trinajstić information content (AvgIpc) is 3.59. The van der Waals surface area contributed by atoms with Crippen molar-refractivity contribution in [2.24, 2.45) is 0 Å². The molecular formula is C53H34N4O. The van der Waals surface area contributed by atoms with Gasteiger partial charge in [-0.25, -0.2) is 15.0 Å². The second kappa shape index (κ2) is 12.8. The molecule has 1 unspecified atom stereocenters. The molecule has 0 saturated heterocycles. The molecule has 3 aliphatic rings. The maximum absolute atomic E-state index is 6.97. The summed E-state index contributed by atoms with van der Waals surface area (Å²) in [6.45, 7) is 0. The molecule has 5 nitrogen and oxygen atoms in total. The lowest BCUT2D eigenvalue weighted by molar-refractivity contribution is 0.381. The van der Waals surface area contributed by atoms with Gasteiger partial charge in [-0.15, -0.1) is 0 Å². The zero-order valence-electron chi connectivity index (χ0n) is 31.4. The van der Waals surface area contributed by atoms with Gasteiger partial charge in [-0.05, 0) is 75.4 Å². The Kier molecular flexibility index (Phi) is 7.20. The summed E-state index contributed by atoms with van der Waals surface area (Å²) in [4.78, 5) is 20.5. The summed E-state index contributed by atoms with van der Waals surface area (Å²) in [5.41, 5.74) is 11.5. The van der Waals surface area contributed by atoms with E-state index in [9.17, 15) is 0 Å². The van der Waals surface area contributed by atoms with Crippen LogP contribution in [0.15, 0.2) is 200 Å². The Bertz CT molecular complexity index is 3150. The number of hydrogen-bond donors (Lipinski definition) is 0. The van der Waals surface area contributed by atoms with Gasteiger partial charge in [0.25, 0.3) is 0 Å². The highest BCUT2D eigenvalue weighted by Gasteiger charge is 2.53. The third-order valence-electron chi connectivity index (χ3n) is 12.2. The number of para-hydroxylation sites is 1. The number of pyridine rings is 1. The van der Waals surface area contributed by atoms with E-state index in [2.05, 4.69) is 158 Å². The van der Waals surface area contributed by atoms with Crippen molar-refractivity contribution >= 4 is 21.7 Å². The van der Waals surface area contributed by atoms with Gasteiger partial charge < -0.3 is 4.74 Å². The van der Waals surface area contributed by atoms with Crippen LogP contribution in [0.1, 0.15) is 34.6 Å². The zero-order valence-corrected chi connectivity index (χ0v) is 31.4. The number of benzene rings is 7. The Morgan fingerprint density at radius 2 is 1.17 bits per heavy atom. The zero-order chi connectivity index (χ0) is 38.2. The predicted octanol–water partition coefficient (Wildman–Crippen LogP) is 12.3. The first-order valence-electron chi connectivity index (χ1n) is 19.8. The summed E-state index contributed by atoms with van der Waals surface area (Å²) in [6, 6.07) is 59.8. The van der Waals surface area contributed by atoms with Crippen molar-refractivity contribution in [3.63, 3.8) is 0 Å². The van der Waals surface area contributed by atoms with Crippen molar-refractivity contribution in [2.75, 3.05) is 0 Å². The van der Waals surface area contributed by atoms with Gasteiger partial charge in [0.1, 0.15) is 11.5 Å². The van der Waals surface area contributed by atoms with Crippen LogP contribution in [0.5, 0.6) is 5.75 Å². The fourth-order valence-corrected chi connectivity index (χ4v) is 9.64. The number of allylic oxidation sites excluding steroid dienone is 3. The number of fused-ring (bicyclic) bond motifs is 11. The second-order valence-electron chi connectivity index (χ2n) is 15.3. The monoisotopic (exact) mass is 742 g/mol. The molecule has 5 heteroatoms.